The molecular weight excluding hydrogens is 360 g/mol. The number of para-hydroxylation sites is 1. The van der Waals surface area contributed by atoms with E-state index in [-0.39, 0.29) is 0 Å². The SMILES string of the molecule is CN=C(NCCCN1CCC(C)CC1)NCc1c(C)nn(-c2ccccc2)c1C. The molecule has 0 radical (unpaired) electrons. The predicted octanol–water partition coefficient (Wildman–Crippen LogP) is 3.28. The van der Waals surface area contributed by atoms with E-state index in [0.717, 1.165) is 41.9 Å². The van der Waals surface area contributed by atoms with Gasteiger partial charge in [-0.3, -0.25) is 4.99 Å². The Kier molecular flexibility index (Phi) is 7.69. The van der Waals surface area contributed by atoms with Crippen LogP contribution in [0.2, 0.25) is 0 Å². The van der Waals surface area contributed by atoms with Gasteiger partial charge in [0.1, 0.15) is 0 Å². The van der Waals surface area contributed by atoms with E-state index in [1.54, 1.807) is 0 Å². The number of likely N-dealkylation sites (tertiary alicyclic amines) is 1. The zero-order chi connectivity index (χ0) is 20.6. The molecule has 1 saturated heterocycles. The predicted molar refractivity (Wildman–Crippen MR) is 121 cm³/mol. The molecule has 1 aliphatic heterocycles. The van der Waals surface area contributed by atoms with E-state index >= 15 is 0 Å². The highest BCUT2D eigenvalue weighted by Gasteiger charge is 2.15. The van der Waals surface area contributed by atoms with Gasteiger partial charge in [0.05, 0.1) is 11.4 Å². The summed E-state index contributed by atoms with van der Waals surface area (Å²) in [5.41, 5.74) is 4.53. The molecule has 1 fully saturated rings. The van der Waals surface area contributed by atoms with Gasteiger partial charge in [-0.25, -0.2) is 4.68 Å². The maximum absolute atomic E-state index is 4.73. The summed E-state index contributed by atoms with van der Waals surface area (Å²) in [5.74, 6) is 1.74. The first-order valence-corrected chi connectivity index (χ1v) is 10.9. The minimum atomic E-state index is 0.716. The fourth-order valence-corrected chi connectivity index (χ4v) is 3.94. The Morgan fingerprint density at radius 1 is 1.14 bits per heavy atom. The van der Waals surface area contributed by atoms with Crippen LogP contribution in [0.1, 0.15) is 43.1 Å². The van der Waals surface area contributed by atoms with Crippen molar-refractivity contribution in [3.05, 3.63) is 47.3 Å². The van der Waals surface area contributed by atoms with Gasteiger partial charge in [-0.1, -0.05) is 25.1 Å². The number of hydrogen-bond acceptors (Lipinski definition) is 3. The van der Waals surface area contributed by atoms with E-state index in [4.69, 9.17) is 5.10 Å². The van der Waals surface area contributed by atoms with Crippen molar-refractivity contribution in [2.45, 2.75) is 46.6 Å². The molecule has 158 valence electrons. The zero-order valence-electron chi connectivity index (χ0n) is 18.4. The molecule has 0 saturated carbocycles. The number of aliphatic imine (C=N–C) groups is 1. The quantitative estimate of drug-likeness (QED) is 0.428. The Bertz CT molecular complexity index is 787. The van der Waals surface area contributed by atoms with E-state index in [1.807, 2.05) is 29.9 Å². The fourth-order valence-electron chi connectivity index (χ4n) is 3.94. The second kappa shape index (κ2) is 10.4. The third kappa shape index (κ3) is 5.82. The Labute approximate surface area is 175 Å². The van der Waals surface area contributed by atoms with Crippen molar-refractivity contribution >= 4 is 5.96 Å². The number of aryl methyl sites for hydroxylation is 1. The smallest absolute Gasteiger partial charge is 0.191 e. The van der Waals surface area contributed by atoms with Crippen LogP contribution < -0.4 is 10.6 Å². The van der Waals surface area contributed by atoms with Crippen LogP contribution in [0.4, 0.5) is 0 Å². The summed E-state index contributed by atoms with van der Waals surface area (Å²) in [6.07, 6.45) is 3.82. The van der Waals surface area contributed by atoms with Crippen LogP contribution in [0.5, 0.6) is 0 Å². The number of nitrogens with one attached hydrogen (secondary N) is 2. The van der Waals surface area contributed by atoms with Gasteiger partial charge in [0.2, 0.25) is 0 Å². The number of rotatable bonds is 7. The molecule has 1 aliphatic rings. The lowest BCUT2D eigenvalue weighted by molar-refractivity contribution is 0.191. The first-order valence-electron chi connectivity index (χ1n) is 10.9. The molecule has 29 heavy (non-hydrogen) atoms. The molecule has 1 aromatic heterocycles. The Balaban J connectivity index is 1.46. The third-order valence-electron chi connectivity index (χ3n) is 5.92. The van der Waals surface area contributed by atoms with E-state index in [2.05, 4.69) is 53.4 Å². The van der Waals surface area contributed by atoms with Crippen molar-refractivity contribution in [1.82, 2.24) is 25.3 Å². The summed E-state index contributed by atoms with van der Waals surface area (Å²) in [6, 6.07) is 10.3. The van der Waals surface area contributed by atoms with Crippen LogP contribution in [0.25, 0.3) is 5.69 Å². The zero-order valence-corrected chi connectivity index (χ0v) is 18.4. The summed E-state index contributed by atoms with van der Waals surface area (Å²) < 4.78 is 2.02. The van der Waals surface area contributed by atoms with E-state index in [9.17, 15) is 0 Å². The highest BCUT2D eigenvalue weighted by molar-refractivity contribution is 5.79. The molecule has 2 N–H and O–H groups in total. The topological polar surface area (TPSA) is 57.5 Å². The van der Waals surface area contributed by atoms with Gasteiger partial charge in [0.15, 0.2) is 5.96 Å². The van der Waals surface area contributed by atoms with Crippen molar-refractivity contribution < 1.29 is 0 Å². The maximum Gasteiger partial charge on any atom is 0.191 e. The van der Waals surface area contributed by atoms with Crippen LogP contribution >= 0.6 is 0 Å². The summed E-state index contributed by atoms with van der Waals surface area (Å²) in [6.45, 7) is 11.9. The molecule has 6 heteroatoms. The van der Waals surface area contributed by atoms with Gasteiger partial charge < -0.3 is 15.5 Å². The number of hydrogen-bond donors (Lipinski definition) is 2. The van der Waals surface area contributed by atoms with Crippen LogP contribution in [-0.2, 0) is 6.54 Å². The van der Waals surface area contributed by atoms with E-state index in [1.165, 1.54) is 38.0 Å². The minimum Gasteiger partial charge on any atom is -0.356 e. The van der Waals surface area contributed by atoms with Crippen molar-refractivity contribution in [1.29, 1.82) is 0 Å². The molecule has 6 nitrogen and oxygen atoms in total. The first kappa shape index (κ1) is 21.4. The molecule has 0 bridgehead atoms. The number of piperidine rings is 1. The molecular formula is C23H36N6. The Morgan fingerprint density at radius 2 is 1.86 bits per heavy atom. The maximum atomic E-state index is 4.73. The number of guanidine groups is 1. The van der Waals surface area contributed by atoms with Crippen molar-refractivity contribution in [2.24, 2.45) is 10.9 Å². The molecule has 1 aromatic carbocycles. The average molecular weight is 397 g/mol. The number of benzene rings is 1. The lowest BCUT2D eigenvalue weighted by Gasteiger charge is -2.30. The summed E-state index contributed by atoms with van der Waals surface area (Å²) in [4.78, 5) is 6.96. The van der Waals surface area contributed by atoms with Gasteiger partial charge in [-0.2, -0.15) is 5.10 Å². The van der Waals surface area contributed by atoms with Gasteiger partial charge in [0.25, 0.3) is 0 Å². The molecule has 0 atom stereocenters. The third-order valence-corrected chi connectivity index (χ3v) is 5.92. The van der Waals surface area contributed by atoms with Gasteiger partial charge in [0, 0.05) is 31.4 Å². The number of nitrogens with zero attached hydrogens (tertiary/aromatic N) is 4. The minimum absolute atomic E-state index is 0.716. The van der Waals surface area contributed by atoms with E-state index in [0.29, 0.717) is 6.54 Å². The van der Waals surface area contributed by atoms with Gasteiger partial charge in [-0.15, -0.1) is 0 Å². The molecule has 2 heterocycles. The van der Waals surface area contributed by atoms with Crippen molar-refractivity contribution in [3.8, 4) is 5.69 Å². The van der Waals surface area contributed by atoms with Crippen LogP contribution in [-0.4, -0.2) is 53.9 Å². The van der Waals surface area contributed by atoms with Crippen LogP contribution in [0.15, 0.2) is 35.3 Å². The van der Waals surface area contributed by atoms with Crippen LogP contribution in [0, 0.1) is 19.8 Å². The van der Waals surface area contributed by atoms with Crippen LogP contribution in [0.3, 0.4) is 0 Å². The van der Waals surface area contributed by atoms with Gasteiger partial charge in [-0.05, 0) is 70.8 Å². The second-order valence-corrected chi connectivity index (χ2v) is 8.13. The fraction of sp³-hybridized carbons (Fsp3) is 0.565. The lowest BCUT2D eigenvalue weighted by atomic mass is 9.99. The monoisotopic (exact) mass is 396 g/mol. The van der Waals surface area contributed by atoms with Gasteiger partial charge >= 0.3 is 0 Å². The highest BCUT2D eigenvalue weighted by atomic mass is 15.3. The van der Waals surface area contributed by atoms with E-state index < -0.39 is 0 Å². The molecule has 0 amide bonds. The first-order chi connectivity index (χ1) is 14.1. The Morgan fingerprint density at radius 3 is 2.55 bits per heavy atom. The summed E-state index contributed by atoms with van der Waals surface area (Å²) in [5, 5.41) is 11.6. The van der Waals surface area contributed by atoms with Crippen molar-refractivity contribution in [3.63, 3.8) is 0 Å². The molecule has 0 unspecified atom stereocenters. The second-order valence-electron chi connectivity index (χ2n) is 8.13. The Hall–Kier alpha value is -2.34. The lowest BCUT2D eigenvalue weighted by Crippen LogP contribution is -2.39. The average Bonchev–Trinajstić information content (AvgIpc) is 3.03. The summed E-state index contributed by atoms with van der Waals surface area (Å²) >= 11 is 0. The molecule has 2 aromatic rings. The molecule has 0 aliphatic carbocycles. The standard InChI is InChI=1S/C23H36N6/c1-18-11-15-28(16-12-18)14-8-13-25-23(24-4)26-17-22-19(2)27-29(20(22)3)21-9-6-5-7-10-21/h5-7,9-10,18H,8,11-17H2,1-4H3,(H2,24,25,26). The normalized spacial score (nSPS) is 16.2. The molecule has 3 rings (SSSR count). The number of aromatic nitrogens is 2. The highest BCUT2D eigenvalue weighted by Crippen LogP contribution is 2.18. The summed E-state index contributed by atoms with van der Waals surface area (Å²) in [7, 11) is 1.83. The van der Waals surface area contributed by atoms with Crippen molar-refractivity contribution in [2.75, 3.05) is 33.2 Å². The largest absolute Gasteiger partial charge is 0.356 e. The molecule has 0 spiro atoms.